The van der Waals surface area contributed by atoms with E-state index in [1.807, 2.05) is 19.9 Å². The number of rotatable bonds is 2. The van der Waals surface area contributed by atoms with Gasteiger partial charge in [0.2, 0.25) is 0 Å². The lowest BCUT2D eigenvalue weighted by atomic mass is 10.3. The van der Waals surface area contributed by atoms with Crippen LogP contribution in [0.5, 0.6) is 0 Å². The van der Waals surface area contributed by atoms with Crippen LogP contribution in [0.15, 0.2) is 36.4 Å². The van der Waals surface area contributed by atoms with Gasteiger partial charge in [-0.1, -0.05) is 11.6 Å². The molecule has 5 nitrogen and oxygen atoms in total. The van der Waals surface area contributed by atoms with E-state index in [0.717, 1.165) is 11.4 Å². The SMILES string of the molecule is Cc1cc(C)n2nc(C(=O)Nc3ccc(Cl)cc3)cc2n1. The van der Waals surface area contributed by atoms with Gasteiger partial charge in [-0.05, 0) is 44.2 Å². The first-order chi connectivity index (χ1) is 10.0. The number of halogens is 1. The highest BCUT2D eigenvalue weighted by atomic mass is 35.5. The summed E-state index contributed by atoms with van der Waals surface area (Å²) < 4.78 is 1.66. The third kappa shape index (κ3) is 2.73. The van der Waals surface area contributed by atoms with Gasteiger partial charge in [0.15, 0.2) is 11.3 Å². The Balaban J connectivity index is 1.91. The molecule has 0 radical (unpaired) electrons. The Bertz CT molecular complexity index is 824. The Labute approximate surface area is 126 Å². The maximum atomic E-state index is 12.2. The molecule has 0 spiro atoms. The summed E-state index contributed by atoms with van der Waals surface area (Å²) in [5.74, 6) is -0.278. The third-order valence-electron chi connectivity index (χ3n) is 3.07. The van der Waals surface area contributed by atoms with Gasteiger partial charge in [-0.3, -0.25) is 4.79 Å². The van der Waals surface area contributed by atoms with Gasteiger partial charge in [0.25, 0.3) is 5.91 Å². The Hall–Kier alpha value is -2.40. The summed E-state index contributed by atoms with van der Waals surface area (Å²) in [6.45, 7) is 3.84. The summed E-state index contributed by atoms with van der Waals surface area (Å²) in [7, 11) is 0. The van der Waals surface area contributed by atoms with Crippen molar-refractivity contribution in [3.63, 3.8) is 0 Å². The lowest BCUT2D eigenvalue weighted by Crippen LogP contribution is -2.12. The van der Waals surface area contributed by atoms with Crippen LogP contribution in [0.4, 0.5) is 5.69 Å². The van der Waals surface area contributed by atoms with Crippen molar-refractivity contribution in [1.29, 1.82) is 0 Å². The normalized spacial score (nSPS) is 10.8. The van der Waals surface area contributed by atoms with Crippen molar-refractivity contribution in [2.75, 3.05) is 5.32 Å². The summed E-state index contributed by atoms with van der Waals surface area (Å²) in [5, 5.41) is 7.68. The Morgan fingerprint density at radius 3 is 2.62 bits per heavy atom. The van der Waals surface area contributed by atoms with Crippen LogP contribution in [-0.2, 0) is 0 Å². The van der Waals surface area contributed by atoms with E-state index in [0.29, 0.717) is 22.1 Å². The van der Waals surface area contributed by atoms with Crippen LogP contribution in [0.25, 0.3) is 5.65 Å². The van der Waals surface area contributed by atoms with E-state index in [9.17, 15) is 4.79 Å². The number of benzene rings is 1. The Morgan fingerprint density at radius 1 is 1.19 bits per heavy atom. The number of carbonyl (C=O) groups is 1. The molecule has 0 saturated carbocycles. The third-order valence-corrected chi connectivity index (χ3v) is 3.32. The first-order valence-corrected chi connectivity index (χ1v) is 6.82. The molecule has 1 amide bonds. The molecule has 0 fully saturated rings. The predicted octanol–water partition coefficient (Wildman–Crippen LogP) is 3.25. The van der Waals surface area contributed by atoms with E-state index in [1.54, 1.807) is 34.8 Å². The molecule has 0 unspecified atom stereocenters. The van der Waals surface area contributed by atoms with Crippen molar-refractivity contribution in [2.24, 2.45) is 0 Å². The predicted molar refractivity (Wildman–Crippen MR) is 81.9 cm³/mol. The quantitative estimate of drug-likeness (QED) is 0.790. The summed E-state index contributed by atoms with van der Waals surface area (Å²) in [5.41, 5.74) is 3.48. The maximum Gasteiger partial charge on any atom is 0.276 e. The second kappa shape index (κ2) is 5.18. The topological polar surface area (TPSA) is 59.3 Å². The number of aryl methyl sites for hydroxylation is 2. The molecule has 3 aromatic rings. The highest BCUT2D eigenvalue weighted by Crippen LogP contribution is 2.15. The number of carbonyl (C=O) groups excluding carboxylic acids is 1. The minimum absolute atomic E-state index is 0.278. The van der Waals surface area contributed by atoms with Crippen molar-refractivity contribution in [1.82, 2.24) is 14.6 Å². The number of hydrogen-bond acceptors (Lipinski definition) is 3. The van der Waals surface area contributed by atoms with Crippen molar-refractivity contribution in [2.45, 2.75) is 13.8 Å². The zero-order chi connectivity index (χ0) is 15.0. The van der Waals surface area contributed by atoms with Crippen LogP contribution in [0.1, 0.15) is 21.9 Å². The molecule has 21 heavy (non-hydrogen) atoms. The molecule has 0 aliphatic heterocycles. The number of nitrogens with one attached hydrogen (secondary N) is 1. The second-order valence-corrected chi connectivity index (χ2v) is 5.24. The summed E-state index contributed by atoms with van der Waals surface area (Å²) in [4.78, 5) is 16.6. The van der Waals surface area contributed by atoms with E-state index in [4.69, 9.17) is 11.6 Å². The fourth-order valence-electron chi connectivity index (χ4n) is 2.13. The van der Waals surface area contributed by atoms with Gasteiger partial charge < -0.3 is 5.32 Å². The summed E-state index contributed by atoms with van der Waals surface area (Å²) in [6.07, 6.45) is 0. The average Bonchev–Trinajstić information content (AvgIpc) is 2.85. The van der Waals surface area contributed by atoms with Crippen LogP contribution >= 0.6 is 11.6 Å². The first kappa shape index (κ1) is 13.6. The minimum Gasteiger partial charge on any atom is -0.321 e. The van der Waals surface area contributed by atoms with Gasteiger partial charge in [0.05, 0.1) is 0 Å². The molecule has 0 atom stereocenters. The van der Waals surface area contributed by atoms with Crippen molar-refractivity contribution >= 4 is 28.8 Å². The molecule has 0 aliphatic carbocycles. The number of amides is 1. The molecule has 2 aromatic heterocycles. The van der Waals surface area contributed by atoms with Gasteiger partial charge in [0, 0.05) is 28.2 Å². The maximum absolute atomic E-state index is 12.2. The molecule has 106 valence electrons. The molecule has 0 saturated heterocycles. The lowest BCUT2D eigenvalue weighted by molar-refractivity contribution is 0.102. The highest BCUT2D eigenvalue weighted by Gasteiger charge is 2.13. The Morgan fingerprint density at radius 2 is 1.90 bits per heavy atom. The Kier molecular flexibility index (Phi) is 3.35. The highest BCUT2D eigenvalue weighted by molar-refractivity contribution is 6.30. The fourth-order valence-corrected chi connectivity index (χ4v) is 2.25. The molecule has 1 aromatic carbocycles. The summed E-state index contributed by atoms with van der Waals surface area (Å²) in [6, 6.07) is 10.5. The molecular formula is C15H13ClN4O. The number of fused-ring (bicyclic) bond motifs is 1. The van der Waals surface area contributed by atoms with E-state index in [-0.39, 0.29) is 5.91 Å². The second-order valence-electron chi connectivity index (χ2n) is 4.80. The van der Waals surface area contributed by atoms with E-state index in [1.165, 1.54) is 0 Å². The number of aromatic nitrogens is 3. The molecule has 2 heterocycles. The average molecular weight is 301 g/mol. The zero-order valence-electron chi connectivity index (χ0n) is 11.6. The number of anilines is 1. The first-order valence-electron chi connectivity index (χ1n) is 6.44. The van der Waals surface area contributed by atoms with Gasteiger partial charge in [-0.15, -0.1) is 0 Å². The number of nitrogens with zero attached hydrogens (tertiary/aromatic N) is 3. The van der Waals surface area contributed by atoms with Crippen LogP contribution in [-0.4, -0.2) is 20.5 Å². The van der Waals surface area contributed by atoms with Gasteiger partial charge in [-0.25, -0.2) is 9.50 Å². The fraction of sp³-hybridized carbons (Fsp3) is 0.133. The van der Waals surface area contributed by atoms with E-state index < -0.39 is 0 Å². The van der Waals surface area contributed by atoms with Gasteiger partial charge >= 0.3 is 0 Å². The van der Waals surface area contributed by atoms with Crippen LogP contribution in [0.3, 0.4) is 0 Å². The van der Waals surface area contributed by atoms with Crippen LogP contribution in [0.2, 0.25) is 5.02 Å². The molecule has 3 rings (SSSR count). The monoisotopic (exact) mass is 300 g/mol. The standard InChI is InChI=1S/C15H13ClN4O/c1-9-7-10(2)20-14(17-9)8-13(19-20)15(21)18-12-5-3-11(16)4-6-12/h3-8H,1-2H3,(H,18,21). The van der Waals surface area contributed by atoms with Crippen LogP contribution < -0.4 is 5.32 Å². The number of hydrogen-bond donors (Lipinski definition) is 1. The van der Waals surface area contributed by atoms with Crippen molar-refractivity contribution < 1.29 is 4.79 Å². The van der Waals surface area contributed by atoms with Crippen LogP contribution in [0, 0.1) is 13.8 Å². The molecule has 6 heteroatoms. The van der Waals surface area contributed by atoms with Crippen molar-refractivity contribution in [3.8, 4) is 0 Å². The largest absolute Gasteiger partial charge is 0.321 e. The minimum atomic E-state index is -0.278. The molecule has 0 bridgehead atoms. The van der Waals surface area contributed by atoms with Gasteiger partial charge in [0.1, 0.15) is 0 Å². The zero-order valence-corrected chi connectivity index (χ0v) is 12.3. The van der Waals surface area contributed by atoms with E-state index in [2.05, 4.69) is 15.4 Å². The van der Waals surface area contributed by atoms with Gasteiger partial charge in [-0.2, -0.15) is 5.10 Å². The van der Waals surface area contributed by atoms with E-state index >= 15 is 0 Å². The van der Waals surface area contributed by atoms with Crippen molar-refractivity contribution in [3.05, 3.63) is 58.5 Å². The molecule has 1 N–H and O–H groups in total. The summed E-state index contributed by atoms with van der Waals surface area (Å²) >= 11 is 5.81. The smallest absolute Gasteiger partial charge is 0.276 e. The lowest BCUT2D eigenvalue weighted by Gasteiger charge is -2.02. The molecule has 0 aliphatic rings. The molecular weight excluding hydrogens is 288 g/mol.